The average Bonchev–Trinajstić information content (AvgIpc) is 2.80. The molecule has 96 valence electrons. The largest absolute Gasteiger partial charge is 0.409 e. The Morgan fingerprint density at radius 3 is 2.94 bits per heavy atom. The number of methoxy groups -OCH3 is 1. The molecule has 0 amide bonds. The summed E-state index contributed by atoms with van der Waals surface area (Å²) in [6.07, 6.45) is 2.14. The molecule has 0 saturated carbocycles. The Labute approximate surface area is 105 Å². The standard InChI is InChI=1S/C13H17N3O2/c1-9(18-2)8-16-6-5-10-3-4-11(7-12(10)16)13(14)15-17/h3-7,9,17H,8H2,1-2H3,(H2,14,15). The molecule has 0 spiro atoms. The molecule has 0 radical (unpaired) electrons. The van der Waals surface area contributed by atoms with Crippen molar-refractivity contribution in [1.82, 2.24) is 4.57 Å². The van der Waals surface area contributed by atoms with E-state index in [-0.39, 0.29) is 11.9 Å². The Bertz CT molecular complexity index is 575. The van der Waals surface area contributed by atoms with Gasteiger partial charge in [0, 0.05) is 30.9 Å². The molecule has 0 bridgehead atoms. The van der Waals surface area contributed by atoms with Crippen molar-refractivity contribution in [3.8, 4) is 0 Å². The molecule has 1 unspecified atom stereocenters. The maximum Gasteiger partial charge on any atom is 0.170 e. The van der Waals surface area contributed by atoms with Crippen molar-refractivity contribution in [1.29, 1.82) is 0 Å². The molecule has 1 aromatic carbocycles. The zero-order valence-electron chi connectivity index (χ0n) is 10.5. The van der Waals surface area contributed by atoms with E-state index in [9.17, 15) is 0 Å². The van der Waals surface area contributed by atoms with Gasteiger partial charge in [0.25, 0.3) is 0 Å². The van der Waals surface area contributed by atoms with Gasteiger partial charge in [-0.05, 0) is 24.4 Å². The lowest BCUT2D eigenvalue weighted by Crippen LogP contribution is -2.15. The maximum atomic E-state index is 8.70. The van der Waals surface area contributed by atoms with Crippen LogP contribution in [0.1, 0.15) is 12.5 Å². The van der Waals surface area contributed by atoms with Crippen LogP contribution >= 0.6 is 0 Å². The van der Waals surface area contributed by atoms with Crippen LogP contribution in [0.3, 0.4) is 0 Å². The Balaban J connectivity index is 2.43. The first-order valence-electron chi connectivity index (χ1n) is 5.75. The monoisotopic (exact) mass is 247 g/mol. The average molecular weight is 247 g/mol. The first-order chi connectivity index (χ1) is 8.65. The SMILES string of the molecule is COC(C)Cn1ccc2ccc(/C(N)=N/O)cc21. The van der Waals surface area contributed by atoms with Crippen LogP contribution in [0.2, 0.25) is 0 Å². The highest BCUT2D eigenvalue weighted by molar-refractivity contribution is 6.00. The van der Waals surface area contributed by atoms with Gasteiger partial charge < -0.3 is 20.2 Å². The number of hydrogen-bond donors (Lipinski definition) is 2. The van der Waals surface area contributed by atoms with E-state index in [4.69, 9.17) is 15.7 Å². The van der Waals surface area contributed by atoms with Gasteiger partial charge in [0.2, 0.25) is 0 Å². The molecular weight excluding hydrogens is 230 g/mol. The smallest absolute Gasteiger partial charge is 0.170 e. The van der Waals surface area contributed by atoms with Gasteiger partial charge in [0.1, 0.15) is 0 Å². The van der Waals surface area contributed by atoms with Crippen molar-refractivity contribution < 1.29 is 9.94 Å². The van der Waals surface area contributed by atoms with E-state index >= 15 is 0 Å². The summed E-state index contributed by atoms with van der Waals surface area (Å²) in [6, 6.07) is 7.73. The minimum Gasteiger partial charge on any atom is -0.409 e. The summed E-state index contributed by atoms with van der Waals surface area (Å²) < 4.78 is 7.36. The zero-order chi connectivity index (χ0) is 13.1. The zero-order valence-corrected chi connectivity index (χ0v) is 10.5. The van der Waals surface area contributed by atoms with Crippen LogP contribution in [0.4, 0.5) is 0 Å². The predicted octanol–water partition coefficient (Wildman–Crippen LogP) is 1.77. The number of aromatic nitrogens is 1. The summed E-state index contributed by atoms with van der Waals surface area (Å²) in [5.74, 6) is 0.115. The lowest BCUT2D eigenvalue weighted by molar-refractivity contribution is 0.104. The number of benzene rings is 1. The summed E-state index contributed by atoms with van der Waals surface area (Å²) in [5, 5.41) is 12.8. The van der Waals surface area contributed by atoms with E-state index < -0.39 is 0 Å². The van der Waals surface area contributed by atoms with E-state index in [1.165, 1.54) is 0 Å². The van der Waals surface area contributed by atoms with Crippen LogP contribution in [0.5, 0.6) is 0 Å². The van der Waals surface area contributed by atoms with Crippen LogP contribution in [0.25, 0.3) is 10.9 Å². The number of amidine groups is 1. The fourth-order valence-electron chi connectivity index (χ4n) is 1.91. The normalized spacial score (nSPS) is 14.0. The summed E-state index contributed by atoms with van der Waals surface area (Å²) in [6.45, 7) is 2.78. The molecule has 5 nitrogen and oxygen atoms in total. The van der Waals surface area contributed by atoms with Crippen molar-refractivity contribution in [2.45, 2.75) is 19.6 Å². The molecule has 0 fully saturated rings. The number of rotatable bonds is 4. The fourth-order valence-corrected chi connectivity index (χ4v) is 1.91. The molecule has 2 aromatic rings. The van der Waals surface area contributed by atoms with Crippen molar-refractivity contribution in [3.63, 3.8) is 0 Å². The first kappa shape index (κ1) is 12.4. The topological polar surface area (TPSA) is 72.8 Å². The van der Waals surface area contributed by atoms with E-state index in [2.05, 4.69) is 9.72 Å². The van der Waals surface area contributed by atoms with Crippen LogP contribution < -0.4 is 5.73 Å². The van der Waals surface area contributed by atoms with Gasteiger partial charge in [0.15, 0.2) is 5.84 Å². The fraction of sp³-hybridized carbons (Fsp3) is 0.308. The molecule has 2 rings (SSSR count). The molecule has 1 atom stereocenters. The third-order valence-electron chi connectivity index (χ3n) is 3.03. The molecule has 3 N–H and O–H groups in total. The van der Waals surface area contributed by atoms with Crippen molar-refractivity contribution in [2.75, 3.05) is 7.11 Å². The Morgan fingerprint density at radius 1 is 1.50 bits per heavy atom. The van der Waals surface area contributed by atoms with Crippen molar-refractivity contribution in [2.24, 2.45) is 10.9 Å². The van der Waals surface area contributed by atoms with Crippen LogP contribution in [0.15, 0.2) is 35.6 Å². The molecule has 0 aliphatic rings. The van der Waals surface area contributed by atoms with E-state index in [0.29, 0.717) is 5.56 Å². The lowest BCUT2D eigenvalue weighted by Gasteiger charge is -2.12. The number of ether oxygens (including phenoxy) is 1. The van der Waals surface area contributed by atoms with Crippen molar-refractivity contribution >= 4 is 16.7 Å². The van der Waals surface area contributed by atoms with Crippen LogP contribution in [0, 0.1) is 0 Å². The predicted molar refractivity (Wildman–Crippen MR) is 70.9 cm³/mol. The quantitative estimate of drug-likeness (QED) is 0.374. The Morgan fingerprint density at radius 2 is 2.28 bits per heavy atom. The summed E-state index contributed by atoms with van der Waals surface area (Å²) in [4.78, 5) is 0. The first-order valence-corrected chi connectivity index (χ1v) is 5.75. The maximum absolute atomic E-state index is 8.70. The molecule has 5 heteroatoms. The van der Waals surface area contributed by atoms with Gasteiger partial charge in [-0.2, -0.15) is 0 Å². The highest BCUT2D eigenvalue weighted by Gasteiger charge is 2.07. The van der Waals surface area contributed by atoms with E-state index in [1.807, 2.05) is 37.4 Å². The third-order valence-corrected chi connectivity index (χ3v) is 3.03. The molecule has 1 heterocycles. The summed E-state index contributed by atoms with van der Waals surface area (Å²) >= 11 is 0. The van der Waals surface area contributed by atoms with Crippen LogP contribution in [-0.2, 0) is 11.3 Å². The molecular formula is C13H17N3O2. The van der Waals surface area contributed by atoms with Gasteiger partial charge in [0.05, 0.1) is 6.10 Å². The van der Waals surface area contributed by atoms with Gasteiger partial charge in [-0.1, -0.05) is 17.3 Å². The van der Waals surface area contributed by atoms with E-state index in [0.717, 1.165) is 17.4 Å². The molecule has 0 aliphatic carbocycles. The summed E-state index contributed by atoms with van der Waals surface area (Å²) in [7, 11) is 1.69. The van der Waals surface area contributed by atoms with Crippen LogP contribution in [-0.4, -0.2) is 28.8 Å². The number of fused-ring (bicyclic) bond motifs is 1. The number of hydrogen-bond acceptors (Lipinski definition) is 3. The second-order valence-corrected chi connectivity index (χ2v) is 4.27. The number of nitrogens with zero attached hydrogens (tertiary/aromatic N) is 2. The van der Waals surface area contributed by atoms with Gasteiger partial charge in [-0.3, -0.25) is 0 Å². The highest BCUT2D eigenvalue weighted by atomic mass is 16.5. The second kappa shape index (κ2) is 5.10. The van der Waals surface area contributed by atoms with Gasteiger partial charge >= 0.3 is 0 Å². The lowest BCUT2D eigenvalue weighted by atomic mass is 10.1. The third kappa shape index (κ3) is 2.31. The highest BCUT2D eigenvalue weighted by Crippen LogP contribution is 2.18. The molecule has 18 heavy (non-hydrogen) atoms. The van der Waals surface area contributed by atoms with Gasteiger partial charge in [-0.25, -0.2) is 0 Å². The Kier molecular flexibility index (Phi) is 3.53. The summed E-state index contributed by atoms with van der Waals surface area (Å²) in [5.41, 5.74) is 7.35. The minimum absolute atomic E-state index is 0.115. The minimum atomic E-state index is 0.115. The Hall–Kier alpha value is -2.01. The number of nitrogens with two attached hydrogens (primary N) is 1. The van der Waals surface area contributed by atoms with E-state index in [1.54, 1.807) is 7.11 Å². The second-order valence-electron chi connectivity index (χ2n) is 4.27. The van der Waals surface area contributed by atoms with Crippen molar-refractivity contribution in [3.05, 3.63) is 36.0 Å². The molecule has 0 saturated heterocycles. The molecule has 0 aliphatic heterocycles. The number of oxime groups is 1. The van der Waals surface area contributed by atoms with Gasteiger partial charge in [-0.15, -0.1) is 0 Å². The molecule has 1 aromatic heterocycles.